The Morgan fingerprint density at radius 2 is 2.33 bits per heavy atom. The summed E-state index contributed by atoms with van der Waals surface area (Å²) in [5, 5.41) is 0. The van der Waals surface area contributed by atoms with Gasteiger partial charge in [0.1, 0.15) is 12.4 Å². The van der Waals surface area contributed by atoms with Crippen LogP contribution in [0.1, 0.15) is 12.7 Å². The lowest BCUT2D eigenvalue weighted by atomic mass is 10.5. The first-order chi connectivity index (χ1) is 3.84. The van der Waals surface area contributed by atoms with Crippen LogP contribution in [0.4, 0.5) is 0 Å². The van der Waals surface area contributed by atoms with Crippen molar-refractivity contribution in [1.82, 2.24) is 4.98 Å². The first-order valence-electron chi connectivity index (χ1n) is 2.86. The zero-order chi connectivity index (χ0) is 5.98. The van der Waals surface area contributed by atoms with Crippen molar-refractivity contribution in [2.75, 3.05) is 0 Å². The lowest BCUT2D eigenvalue weighted by Gasteiger charge is -1.83. The van der Waals surface area contributed by atoms with E-state index in [4.69, 9.17) is 0 Å². The van der Waals surface area contributed by atoms with Crippen LogP contribution in [0.2, 0.25) is 0 Å². The quantitative estimate of drug-likeness (QED) is 0.437. The third kappa shape index (κ3) is 1.79. The number of rotatable bonds is 1. The molecule has 9 heavy (non-hydrogen) atoms. The third-order valence-corrected chi connectivity index (χ3v) is 1.31. The summed E-state index contributed by atoms with van der Waals surface area (Å²) < 4.78 is 2.08. The van der Waals surface area contributed by atoms with E-state index in [1.807, 2.05) is 19.4 Å². The molecule has 1 N–H and O–H groups in total. The Balaban J connectivity index is 0.000000640. The molecule has 1 heterocycles. The normalized spacial score (nSPS) is 8.67. The predicted octanol–water partition coefficient (Wildman–Crippen LogP) is 0.460. The number of nitrogens with zero attached hydrogens (tertiary/aromatic N) is 1. The molecule has 0 fully saturated rings. The highest BCUT2D eigenvalue weighted by Crippen LogP contribution is 1.82. The van der Waals surface area contributed by atoms with Gasteiger partial charge in [-0.1, -0.05) is 6.92 Å². The second kappa shape index (κ2) is 3.62. The molecule has 0 radical (unpaired) electrons. The van der Waals surface area contributed by atoms with Gasteiger partial charge in [-0.2, -0.15) is 9.90 Å². The average Bonchev–Trinajstić information content (AvgIpc) is 2.14. The minimum absolute atomic E-state index is 0. The summed E-state index contributed by atoms with van der Waals surface area (Å²) in [4.78, 5) is 3.12. The number of nitrogens with one attached hydrogen (secondary N) is 1. The van der Waals surface area contributed by atoms with Crippen molar-refractivity contribution < 1.29 is 4.57 Å². The largest absolute Gasteiger partial charge is 0.253 e. The van der Waals surface area contributed by atoms with E-state index in [0.29, 0.717) is 0 Å². The van der Waals surface area contributed by atoms with E-state index in [1.54, 1.807) is 0 Å². The Morgan fingerprint density at radius 1 is 1.67 bits per heavy atom. The first-order valence-corrected chi connectivity index (χ1v) is 2.86. The van der Waals surface area contributed by atoms with E-state index in [-0.39, 0.29) is 9.90 Å². The number of H-pyrrole nitrogens is 1. The Morgan fingerprint density at radius 3 is 2.56 bits per heavy atom. The predicted molar refractivity (Wildman–Crippen MR) is 42.5 cm³/mol. The number of imidazole rings is 1. The number of aromatic amines is 1. The molecule has 0 spiro atoms. The number of aromatic nitrogens is 2. The van der Waals surface area contributed by atoms with Gasteiger partial charge in [-0.3, -0.25) is 0 Å². The molecule has 2 nitrogen and oxygen atoms in total. The summed E-state index contributed by atoms with van der Waals surface area (Å²) in [5.74, 6) is 1.27. The molecule has 0 bridgehead atoms. The van der Waals surface area contributed by atoms with Gasteiger partial charge in [0.05, 0.1) is 7.05 Å². The summed E-state index contributed by atoms with van der Waals surface area (Å²) >= 11 is 0. The van der Waals surface area contributed by atoms with Crippen LogP contribution in [0, 0.1) is 0 Å². The molecule has 1 aromatic heterocycles. The molecular weight excluding hydrogens is 131 g/mol. The Labute approximate surface area is 58.9 Å². The summed E-state index contributed by atoms with van der Waals surface area (Å²) in [6.07, 6.45) is 5.03. The third-order valence-electron chi connectivity index (χ3n) is 1.31. The zero-order valence-electron chi connectivity index (χ0n) is 6.02. The summed E-state index contributed by atoms with van der Waals surface area (Å²) in [5.41, 5.74) is 0. The molecule has 0 amide bonds. The lowest BCUT2D eigenvalue weighted by Crippen LogP contribution is -2.29. The lowest BCUT2D eigenvalue weighted by molar-refractivity contribution is -0.677. The minimum Gasteiger partial charge on any atom is -0.248 e. The van der Waals surface area contributed by atoms with Gasteiger partial charge in [0.25, 0.3) is 5.82 Å². The van der Waals surface area contributed by atoms with Gasteiger partial charge < -0.3 is 0 Å². The van der Waals surface area contributed by atoms with E-state index in [2.05, 4.69) is 16.5 Å². The van der Waals surface area contributed by atoms with Crippen molar-refractivity contribution in [3.63, 3.8) is 0 Å². The molecule has 1 rings (SSSR count). The summed E-state index contributed by atoms with van der Waals surface area (Å²) in [6.45, 7) is 2.13. The molecule has 1 unspecified atom stereocenters. The van der Waals surface area contributed by atoms with Crippen molar-refractivity contribution in [3.05, 3.63) is 18.2 Å². The van der Waals surface area contributed by atoms with Crippen LogP contribution in [0.25, 0.3) is 0 Å². The maximum atomic E-state index is 3.12. The minimum atomic E-state index is 0. The molecule has 0 aliphatic carbocycles. The molecule has 0 aromatic carbocycles. The SMILES string of the molecule is CCc1[nH]cc[n+]1C.P. The van der Waals surface area contributed by atoms with Gasteiger partial charge in [0.15, 0.2) is 0 Å². The Kier molecular flexibility index (Phi) is 3.48. The number of hydrogen-bond acceptors (Lipinski definition) is 0. The van der Waals surface area contributed by atoms with Crippen molar-refractivity contribution in [2.45, 2.75) is 13.3 Å². The number of hydrogen-bond donors (Lipinski definition) is 1. The fraction of sp³-hybridized carbons (Fsp3) is 0.500. The maximum Gasteiger partial charge on any atom is 0.253 e. The maximum absolute atomic E-state index is 3.12. The molecule has 1 atom stereocenters. The van der Waals surface area contributed by atoms with Crippen molar-refractivity contribution in [3.8, 4) is 0 Å². The topological polar surface area (TPSA) is 19.7 Å². The monoisotopic (exact) mass is 145 g/mol. The average molecular weight is 145 g/mol. The molecule has 0 saturated heterocycles. The molecule has 0 aliphatic rings. The Hall–Kier alpha value is -0.360. The second-order valence-corrected chi connectivity index (χ2v) is 1.87. The molecule has 1 aromatic rings. The van der Waals surface area contributed by atoms with Crippen molar-refractivity contribution >= 4 is 9.90 Å². The summed E-state index contributed by atoms with van der Waals surface area (Å²) in [6, 6.07) is 0. The van der Waals surface area contributed by atoms with Crippen molar-refractivity contribution in [1.29, 1.82) is 0 Å². The van der Waals surface area contributed by atoms with E-state index in [9.17, 15) is 0 Å². The van der Waals surface area contributed by atoms with Gasteiger partial charge in [-0.25, -0.2) is 9.55 Å². The van der Waals surface area contributed by atoms with E-state index < -0.39 is 0 Å². The van der Waals surface area contributed by atoms with Crippen LogP contribution in [0.3, 0.4) is 0 Å². The molecule has 3 heteroatoms. The van der Waals surface area contributed by atoms with Gasteiger partial charge in [0.2, 0.25) is 0 Å². The zero-order valence-corrected chi connectivity index (χ0v) is 7.43. The van der Waals surface area contributed by atoms with Crippen LogP contribution >= 0.6 is 9.90 Å². The van der Waals surface area contributed by atoms with E-state index in [1.165, 1.54) is 5.82 Å². The molecule has 0 saturated carbocycles. The van der Waals surface area contributed by atoms with Crippen LogP contribution in [-0.2, 0) is 13.5 Å². The molecule has 0 aliphatic heterocycles. The van der Waals surface area contributed by atoms with E-state index >= 15 is 0 Å². The smallest absolute Gasteiger partial charge is 0.248 e. The van der Waals surface area contributed by atoms with Crippen LogP contribution in [0.15, 0.2) is 12.4 Å². The molecular formula is C6H14N2P+. The van der Waals surface area contributed by atoms with Crippen LogP contribution in [-0.4, -0.2) is 4.98 Å². The molecule has 52 valence electrons. The van der Waals surface area contributed by atoms with Crippen LogP contribution in [0.5, 0.6) is 0 Å². The van der Waals surface area contributed by atoms with Gasteiger partial charge >= 0.3 is 0 Å². The first kappa shape index (κ1) is 8.64. The Bertz CT molecular complexity index is 171. The second-order valence-electron chi connectivity index (χ2n) is 1.87. The fourth-order valence-electron chi connectivity index (χ4n) is 0.789. The highest BCUT2D eigenvalue weighted by molar-refractivity contribution is 6.92. The fourth-order valence-corrected chi connectivity index (χ4v) is 0.789. The van der Waals surface area contributed by atoms with Gasteiger partial charge in [0, 0.05) is 6.42 Å². The van der Waals surface area contributed by atoms with Crippen LogP contribution < -0.4 is 4.57 Å². The highest BCUT2D eigenvalue weighted by atomic mass is 31.0. The standard InChI is InChI=1S/C6H10N2.H3P/c1-3-6-7-4-5-8(6)2;/h4-5H,3H2,1-2H3;1H3/p+1. The van der Waals surface area contributed by atoms with Gasteiger partial charge in [-0.05, 0) is 0 Å². The summed E-state index contributed by atoms with van der Waals surface area (Å²) in [7, 11) is 2.04. The van der Waals surface area contributed by atoms with E-state index in [0.717, 1.165) is 6.42 Å². The number of aryl methyl sites for hydroxylation is 2. The van der Waals surface area contributed by atoms with Gasteiger partial charge in [-0.15, -0.1) is 0 Å². The highest BCUT2D eigenvalue weighted by Gasteiger charge is 1.99. The van der Waals surface area contributed by atoms with Crippen molar-refractivity contribution in [2.24, 2.45) is 7.05 Å².